The molecule has 0 aromatic heterocycles. The predicted molar refractivity (Wildman–Crippen MR) is 72.8 cm³/mol. The summed E-state index contributed by atoms with van der Waals surface area (Å²) >= 11 is 0. The molecule has 0 atom stereocenters. The van der Waals surface area contributed by atoms with Crippen LogP contribution in [0.5, 0.6) is 5.75 Å². The molecule has 0 unspecified atom stereocenters. The highest BCUT2D eigenvalue weighted by atomic mass is 16.5. The van der Waals surface area contributed by atoms with Gasteiger partial charge in [-0.05, 0) is 26.0 Å². The van der Waals surface area contributed by atoms with Crippen molar-refractivity contribution < 1.29 is 14.3 Å². The second kappa shape index (κ2) is 8.13. The molecule has 5 nitrogen and oxygen atoms in total. The lowest BCUT2D eigenvalue weighted by atomic mass is 10.3. The van der Waals surface area contributed by atoms with E-state index in [0.29, 0.717) is 6.61 Å². The highest BCUT2D eigenvalue weighted by Gasteiger charge is 2.06. The second-order valence-corrected chi connectivity index (χ2v) is 4.41. The van der Waals surface area contributed by atoms with Gasteiger partial charge in [0.25, 0.3) is 0 Å². The number of carbonyl (C=O) groups is 2. The number of benzene rings is 1. The molecule has 0 spiro atoms. The summed E-state index contributed by atoms with van der Waals surface area (Å²) in [6.07, 6.45) is 0.226. The third-order valence-electron chi connectivity index (χ3n) is 2.24. The number of nitrogens with one attached hydrogen (secondary N) is 2. The molecule has 0 aliphatic rings. The molecule has 1 aromatic carbocycles. The molecule has 104 valence electrons. The summed E-state index contributed by atoms with van der Waals surface area (Å²) in [7, 11) is 0. The zero-order valence-electron chi connectivity index (χ0n) is 11.3. The van der Waals surface area contributed by atoms with Gasteiger partial charge in [0.15, 0.2) is 0 Å². The quantitative estimate of drug-likeness (QED) is 0.775. The molecule has 1 aromatic rings. The summed E-state index contributed by atoms with van der Waals surface area (Å²) in [6.45, 7) is 4.03. The number of amides is 2. The summed E-state index contributed by atoms with van der Waals surface area (Å²) in [5.41, 5.74) is 0. The van der Waals surface area contributed by atoms with Gasteiger partial charge in [-0.1, -0.05) is 18.2 Å². The average molecular weight is 264 g/mol. The lowest BCUT2D eigenvalue weighted by Crippen LogP contribution is -2.40. The number of para-hydroxylation sites is 1. The van der Waals surface area contributed by atoms with E-state index >= 15 is 0 Å². The molecule has 0 aliphatic heterocycles. The zero-order valence-corrected chi connectivity index (χ0v) is 11.3. The molecule has 2 N–H and O–H groups in total. The van der Waals surface area contributed by atoms with Gasteiger partial charge >= 0.3 is 0 Å². The van der Waals surface area contributed by atoms with Crippen molar-refractivity contribution >= 4 is 11.8 Å². The number of ether oxygens (including phenoxy) is 1. The molecule has 0 saturated heterocycles. The van der Waals surface area contributed by atoms with Gasteiger partial charge in [0.05, 0.1) is 19.6 Å². The van der Waals surface area contributed by atoms with Crippen molar-refractivity contribution in [1.82, 2.24) is 10.6 Å². The maximum Gasteiger partial charge on any atom is 0.239 e. The van der Waals surface area contributed by atoms with Crippen LogP contribution in [-0.2, 0) is 9.59 Å². The van der Waals surface area contributed by atoms with Gasteiger partial charge in [-0.15, -0.1) is 0 Å². The molecule has 1 rings (SSSR count). The Kier molecular flexibility index (Phi) is 6.43. The smallest absolute Gasteiger partial charge is 0.239 e. The van der Waals surface area contributed by atoms with Gasteiger partial charge in [-0.3, -0.25) is 9.59 Å². The number of rotatable bonds is 7. The SMILES string of the molecule is CC(C)NC(=O)CNC(=O)CCOc1ccccc1. The van der Waals surface area contributed by atoms with Crippen LogP contribution in [0.4, 0.5) is 0 Å². The van der Waals surface area contributed by atoms with Gasteiger partial charge in [0.2, 0.25) is 11.8 Å². The van der Waals surface area contributed by atoms with E-state index < -0.39 is 0 Å². The van der Waals surface area contributed by atoms with Gasteiger partial charge in [-0.25, -0.2) is 0 Å². The van der Waals surface area contributed by atoms with E-state index in [0.717, 1.165) is 5.75 Å². The first-order valence-corrected chi connectivity index (χ1v) is 6.32. The maximum atomic E-state index is 11.5. The maximum absolute atomic E-state index is 11.5. The summed E-state index contributed by atoms with van der Waals surface area (Å²) in [4.78, 5) is 22.7. The van der Waals surface area contributed by atoms with Crippen molar-refractivity contribution in [3.63, 3.8) is 0 Å². The van der Waals surface area contributed by atoms with E-state index in [-0.39, 0.29) is 30.8 Å². The minimum Gasteiger partial charge on any atom is -0.493 e. The Bertz CT molecular complexity index is 404. The summed E-state index contributed by atoms with van der Waals surface area (Å²) in [6, 6.07) is 9.36. The minimum atomic E-state index is -0.199. The largest absolute Gasteiger partial charge is 0.493 e. The van der Waals surface area contributed by atoms with Crippen LogP contribution < -0.4 is 15.4 Å². The Balaban J connectivity index is 2.13. The molecule has 0 aliphatic carbocycles. The number of hydrogen-bond acceptors (Lipinski definition) is 3. The first-order valence-electron chi connectivity index (χ1n) is 6.32. The zero-order chi connectivity index (χ0) is 14.1. The molecule has 19 heavy (non-hydrogen) atoms. The van der Waals surface area contributed by atoms with Crippen LogP contribution in [0.3, 0.4) is 0 Å². The Morgan fingerprint density at radius 1 is 1.16 bits per heavy atom. The second-order valence-electron chi connectivity index (χ2n) is 4.41. The molecule has 0 saturated carbocycles. The van der Waals surface area contributed by atoms with Crippen LogP contribution >= 0.6 is 0 Å². The van der Waals surface area contributed by atoms with Crippen molar-refractivity contribution in [3.05, 3.63) is 30.3 Å². The van der Waals surface area contributed by atoms with Crippen LogP contribution in [-0.4, -0.2) is 31.0 Å². The Morgan fingerprint density at radius 3 is 2.47 bits per heavy atom. The Hall–Kier alpha value is -2.04. The van der Waals surface area contributed by atoms with Crippen molar-refractivity contribution in [1.29, 1.82) is 0 Å². The first kappa shape index (κ1) is 15.0. The van der Waals surface area contributed by atoms with Crippen LogP contribution in [0.2, 0.25) is 0 Å². The molecule has 5 heteroatoms. The van der Waals surface area contributed by atoms with Crippen molar-refractivity contribution in [2.75, 3.05) is 13.2 Å². The Labute approximate surface area is 113 Å². The predicted octanol–water partition coefficient (Wildman–Crippen LogP) is 1.10. The summed E-state index contributed by atoms with van der Waals surface area (Å²) < 4.78 is 5.39. The van der Waals surface area contributed by atoms with E-state index in [1.807, 2.05) is 44.2 Å². The molecular formula is C14H20N2O3. The normalized spacial score (nSPS) is 10.1. The van der Waals surface area contributed by atoms with Crippen molar-refractivity contribution in [2.45, 2.75) is 26.3 Å². The topological polar surface area (TPSA) is 67.4 Å². The van der Waals surface area contributed by atoms with Gasteiger partial charge in [-0.2, -0.15) is 0 Å². The third-order valence-corrected chi connectivity index (χ3v) is 2.24. The standard InChI is InChI=1S/C14H20N2O3/c1-11(2)16-14(18)10-15-13(17)8-9-19-12-6-4-3-5-7-12/h3-7,11H,8-10H2,1-2H3,(H,15,17)(H,16,18). The summed E-state index contributed by atoms with van der Waals surface area (Å²) in [5.74, 6) is 0.343. The third kappa shape index (κ3) is 7.08. The summed E-state index contributed by atoms with van der Waals surface area (Å²) in [5, 5.41) is 5.24. The monoisotopic (exact) mass is 264 g/mol. The van der Waals surface area contributed by atoms with E-state index in [4.69, 9.17) is 4.74 Å². The van der Waals surface area contributed by atoms with Crippen LogP contribution in [0.25, 0.3) is 0 Å². The molecule has 0 heterocycles. The van der Waals surface area contributed by atoms with Crippen LogP contribution in [0.1, 0.15) is 20.3 Å². The van der Waals surface area contributed by atoms with Crippen LogP contribution in [0.15, 0.2) is 30.3 Å². The van der Waals surface area contributed by atoms with E-state index in [1.165, 1.54) is 0 Å². The molecule has 2 amide bonds. The molecule has 0 bridgehead atoms. The number of hydrogen-bond donors (Lipinski definition) is 2. The van der Waals surface area contributed by atoms with E-state index in [1.54, 1.807) is 0 Å². The fraction of sp³-hybridized carbons (Fsp3) is 0.429. The van der Waals surface area contributed by atoms with Crippen molar-refractivity contribution in [2.24, 2.45) is 0 Å². The van der Waals surface area contributed by atoms with E-state index in [2.05, 4.69) is 10.6 Å². The minimum absolute atomic E-state index is 0.00233. The fourth-order valence-electron chi connectivity index (χ4n) is 1.42. The number of carbonyl (C=O) groups excluding carboxylic acids is 2. The lowest BCUT2D eigenvalue weighted by molar-refractivity contribution is -0.126. The molecule has 0 fully saturated rings. The highest BCUT2D eigenvalue weighted by molar-refractivity contribution is 5.84. The first-order chi connectivity index (χ1) is 9.08. The van der Waals surface area contributed by atoms with Gasteiger partial charge in [0.1, 0.15) is 5.75 Å². The average Bonchev–Trinajstić information content (AvgIpc) is 2.37. The fourth-order valence-corrected chi connectivity index (χ4v) is 1.42. The van der Waals surface area contributed by atoms with Crippen molar-refractivity contribution in [3.8, 4) is 5.75 Å². The highest BCUT2D eigenvalue weighted by Crippen LogP contribution is 2.08. The van der Waals surface area contributed by atoms with Gasteiger partial charge < -0.3 is 15.4 Å². The lowest BCUT2D eigenvalue weighted by Gasteiger charge is -2.09. The van der Waals surface area contributed by atoms with E-state index in [9.17, 15) is 9.59 Å². The Morgan fingerprint density at radius 2 is 1.84 bits per heavy atom. The molecule has 0 radical (unpaired) electrons. The molecular weight excluding hydrogens is 244 g/mol. The van der Waals surface area contributed by atoms with Crippen LogP contribution in [0, 0.1) is 0 Å². The van der Waals surface area contributed by atoms with Gasteiger partial charge in [0, 0.05) is 6.04 Å².